The molecule has 1 aromatic heterocycles. The Bertz CT molecular complexity index is 461. The van der Waals surface area contributed by atoms with Gasteiger partial charge in [-0.2, -0.15) is 0 Å². The van der Waals surface area contributed by atoms with Gasteiger partial charge in [-0.3, -0.25) is 0 Å². The Hall–Kier alpha value is -0.990. The summed E-state index contributed by atoms with van der Waals surface area (Å²) >= 11 is 7.54. The van der Waals surface area contributed by atoms with Crippen LogP contribution in [-0.4, -0.2) is 0 Å². The van der Waals surface area contributed by atoms with Crippen LogP contribution in [0.1, 0.15) is 23.4 Å². The fourth-order valence-electron chi connectivity index (χ4n) is 1.53. The molecule has 0 spiro atoms. The summed E-state index contributed by atoms with van der Waals surface area (Å²) < 4.78 is 0.840. The Morgan fingerprint density at radius 1 is 1.12 bits per heavy atom. The molecule has 0 fully saturated rings. The van der Waals surface area contributed by atoms with Crippen molar-refractivity contribution in [2.75, 3.05) is 5.32 Å². The van der Waals surface area contributed by atoms with Gasteiger partial charge in [-0.1, -0.05) is 29.3 Å². The zero-order valence-electron chi connectivity index (χ0n) is 9.33. The topological polar surface area (TPSA) is 12.0 Å². The maximum Gasteiger partial charge on any atom is 0.0932 e. The van der Waals surface area contributed by atoms with Crippen molar-refractivity contribution in [2.45, 2.75) is 19.9 Å². The van der Waals surface area contributed by atoms with Crippen molar-refractivity contribution in [2.24, 2.45) is 0 Å². The number of nitrogens with one attached hydrogen (secondary N) is 1. The van der Waals surface area contributed by atoms with Gasteiger partial charge in [-0.05, 0) is 38.1 Å². The van der Waals surface area contributed by atoms with Crippen LogP contribution in [-0.2, 0) is 0 Å². The predicted molar refractivity (Wildman–Crippen MR) is 72.5 cm³/mol. The van der Waals surface area contributed by atoms with Crippen molar-refractivity contribution in [1.29, 1.82) is 0 Å². The van der Waals surface area contributed by atoms with Gasteiger partial charge in [0.05, 0.1) is 10.4 Å². The van der Waals surface area contributed by atoms with Gasteiger partial charge in [-0.25, -0.2) is 0 Å². The number of hydrogen-bond donors (Lipinski definition) is 1. The van der Waals surface area contributed by atoms with E-state index in [1.807, 2.05) is 6.07 Å². The Balaban J connectivity index is 2.07. The molecule has 1 nitrogen and oxygen atoms in total. The van der Waals surface area contributed by atoms with Crippen LogP contribution in [0.4, 0.5) is 5.69 Å². The van der Waals surface area contributed by atoms with Gasteiger partial charge in [0.15, 0.2) is 0 Å². The van der Waals surface area contributed by atoms with Gasteiger partial charge < -0.3 is 5.32 Å². The maximum atomic E-state index is 5.92. The highest BCUT2D eigenvalue weighted by Crippen LogP contribution is 2.28. The summed E-state index contributed by atoms with van der Waals surface area (Å²) in [6.45, 7) is 4.23. The van der Waals surface area contributed by atoms with Gasteiger partial charge >= 0.3 is 0 Å². The molecule has 2 aromatic rings. The normalized spacial score (nSPS) is 12.4. The number of halogens is 1. The van der Waals surface area contributed by atoms with Crippen LogP contribution >= 0.6 is 22.9 Å². The first-order valence-corrected chi connectivity index (χ1v) is 6.43. The molecule has 2 rings (SSSR count). The molecular weight excluding hydrogens is 238 g/mol. The van der Waals surface area contributed by atoms with E-state index in [2.05, 4.69) is 49.5 Å². The molecule has 16 heavy (non-hydrogen) atoms. The lowest BCUT2D eigenvalue weighted by atomic mass is 10.2. The van der Waals surface area contributed by atoms with Crippen molar-refractivity contribution in [1.82, 2.24) is 0 Å². The van der Waals surface area contributed by atoms with E-state index in [4.69, 9.17) is 11.6 Å². The molecule has 0 bridgehead atoms. The third-order valence-electron chi connectivity index (χ3n) is 2.46. The molecular formula is C13H14ClNS. The second-order valence-electron chi connectivity index (χ2n) is 3.87. The summed E-state index contributed by atoms with van der Waals surface area (Å²) in [5.74, 6) is 0. The molecule has 0 aliphatic heterocycles. The zero-order chi connectivity index (χ0) is 11.5. The zero-order valence-corrected chi connectivity index (χ0v) is 10.9. The van der Waals surface area contributed by atoms with E-state index in [1.165, 1.54) is 10.4 Å². The minimum Gasteiger partial charge on any atom is -0.378 e. The lowest BCUT2D eigenvalue weighted by Gasteiger charge is -2.13. The number of anilines is 1. The fourth-order valence-corrected chi connectivity index (χ4v) is 2.60. The third-order valence-corrected chi connectivity index (χ3v) is 3.87. The number of aryl methyl sites for hydroxylation is 1. The molecule has 0 amide bonds. The lowest BCUT2D eigenvalue weighted by Crippen LogP contribution is -2.04. The molecule has 0 radical (unpaired) electrons. The summed E-state index contributed by atoms with van der Waals surface area (Å²) in [7, 11) is 0. The highest BCUT2D eigenvalue weighted by atomic mass is 35.5. The second kappa shape index (κ2) is 4.89. The highest BCUT2D eigenvalue weighted by Gasteiger charge is 2.07. The molecule has 1 heterocycles. The van der Waals surface area contributed by atoms with Crippen LogP contribution < -0.4 is 5.32 Å². The van der Waals surface area contributed by atoms with Gasteiger partial charge in [0.1, 0.15) is 0 Å². The van der Waals surface area contributed by atoms with Gasteiger partial charge in [0.2, 0.25) is 0 Å². The lowest BCUT2D eigenvalue weighted by molar-refractivity contribution is 0.908. The van der Waals surface area contributed by atoms with E-state index in [0.29, 0.717) is 6.04 Å². The summed E-state index contributed by atoms with van der Waals surface area (Å²) in [4.78, 5) is 1.26. The average molecular weight is 252 g/mol. The van der Waals surface area contributed by atoms with E-state index < -0.39 is 0 Å². The highest BCUT2D eigenvalue weighted by molar-refractivity contribution is 7.16. The molecule has 1 unspecified atom stereocenters. The first-order valence-electron chi connectivity index (χ1n) is 5.23. The standard InChI is InChI=1S/C13H14ClNS/c1-9-3-5-11(6-4-9)15-10(2)12-7-8-13(14)16-12/h3-8,10,15H,1-2H3. The Labute approximate surface area is 105 Å². The van der Waals surface area contributed by atoms with Gasteiger partial charge in [0.25, 0.3) is 0 Å². The molecule has 1 atom stereocenters. The third kappa shape index (κ3) is 2.77. The second-order valence-corrected chi connectivity index (χ2v) is 5.62. The van der Waals surface area contributed by atoms with Crippen LogP contribution in [0.15, 0.2) is 36.4 Å². The Morgan fingerprint density at radius 2 is 1.81 bits per heavy atom. The van der Waals surface area contributed by atoms with Crippen molar-refractivity contribution in [3.8, 4) is 0 Å². The SMILES string of the molecule is Cc1ccc(NC(C)c2ccc(Cl)s2)cc1. The minimum absolute atomic E-state index is 0.292. The van der Waals surface area contributed by atoms with Gasteiger partial charge in [-0.15, -0.1) is 11.3 Å². The first kappa shape index (κ1) is 11.5. The monoisotopic (exact) mass is 251 g/mol. The number of hydrogen-bond acceptors (Lipinski definition) is 2. The molecule has 0 saturated heterocycles. The van der Waals surface area contributed by atoms with Crippen molar-refractivity contribution in [3.05, 3.63) is 51.2 Å². The number of benzene rings is 1. The van der Waals surface area contributed by atoms with Crippen LogP contribution in [0.2, 0.25) is 4.34 Å². The predicted octanol–water partition coefficient (Wildman–Crippen LogP) is 4.88. The Morgan fingerprint density at radius 3 is 2.38 bits per heavy atom. The van der Waals surface area contributed by atoms with Crippen LogP contribution in [0.25, 0.3) is 0 Å². The molecule has 1 aromatic carbocycles. The van der Waals surface area contributed by atoms with Crippen LogP contribution in [0.3, 0.4) is 0 Å². The van der Waals surface area contributed by atoms with Crippen molar-refractivity contribution >= 4 is 28.6 Å². The average Bonchev–Trinajstić information content (AvgIpc) is 2.68. The van der Waals surface area contributed by atoms with Crippen molar-refractivity contribution in [3.63, 3.8) is 0 Å². The van der Waals surface area contributed by atoms with E-state index in [0.717, 1.165) is 10.0 Å². The molecule has 0 saturated carbocycles. The molecule has 3 heteroatoms. The summed E-state index contributed by atoms with van der Waals surface area (Å²) in [6, 6.07) is 12.7. The molecule has 84 valence electrons. The molecule has 1 N–H and O–H groups in total. The minimum atomic E-state index is 0.292. The summed E-state index contributed by atoms with van der Waals surface area (Å²) in [6.07, 6.45) is 0. The van der Waals surface area contributed by atoms with Crippen LogP contribution in [0, 0.1) is 6.92 Å². The van der Waals surface area contributed by atoms with E-state index >= 15 is 0 Å². The van der Waals surface area contributed by atoms with Gasteiger partial charge in [0, 0.05) is 10.6 Å². The van der Waals surface area contributed by atoms with E-state index in [1.54, 1.807) is 11.3 Å². The number of rotatable bonds is 3. The van der Waals surface area contributed by atoms with E-state index in [9.17, 15) is 0 Å². The first-order chi connectivity index (χ1) is 7.65. The summed E-state index contributed by atoms with van der Waals surface area (Å²) in [5.41, 5.74) is 2.42. The fraction of sp³-hybridized carbons (Fsp3) is 0.231. The van der Waals surface area contributed by atoms with Crippen LogP contribution in [0.5, 0.6) is 0 Å². The number of thiophene rings is 1. The summed E-state index contributed by atoms with van der Waals surface area (Å²) in [5, 5.41) is 3.45. The molecule has 0 aliphatic rings. The largest absolute Gasteiger partial charge is 0.378 e. The molecule has 0 aliphatic carbocycles. The quantitative estimate of drug-likeness (QED) is 0.820. The maximum absolute atomic E-state index is 5.92. The van der Waals surface area contributed by atoms with E-state index in [-0.39, 0.29) is 0 Å². The Kier molecular flexibility index (Phi) is 3.52. The van der Waals surface area contributed by atoms with Crippen molar-refractivity contribution < 1.29 is 0 Å². The smallest absolute Gasteiger partial charge is 0.0932 e.